The number of halogens is 2. The van der Waals surface area contributed by atoms with E-state index in [0.29, 0.717) is 42.6 Å². The number of nitrogens with one attached hydrogen (secondary N) is 1. The molecule has 1 atom stereocenters. The Hall–Kier alpha value is -3.54. The number of benzene rings is 2. The van der Waals surface area contributed by atoms with Crippen LogP contribution in [0.3, 0.4) is 0 Å². The van der Waals surface area contributed by atoms with Gasteiger partial charge in [0.1, 0.15) is 17.1 Å². The number of anilines is 1. The second kappa shape index (κ2) is 11.3. The zero-order valence-electron chi connectivity index (χ0n) is 21.3. The second-order valence-electron chi connectivity index (χ2n) is 9.74. The molecule has 1 fully saturated rings. The van der Waals surface area contributed by atoms with Gasteiger partial charge in [-0.15, -0.1) is 21.5 Å². The lowest BCUT2D eigenvalue weighted by Gasteiger charge is -2.32. The van der Waals surface area contributed by atoms with E-state index in [1.54, 1.807) is 30.9 Å². The third-order valence-corrected chi connectivity index (χ3v) is 8.54. The summed E-state index contributed by atoms with van der Waals surface area (Å²) in [5.74, 6) is -2.47. The van der Waals surface area contributed by atoms with Crippen LogP contribution in [-0.2, 0) is 9.53 Å². The van der Waals surface area contributed by atoms with Crippen LogP contribution in [0.25, 0.3) is 10.4 Å². The molecule has 5 rings (SSSR count). The van der Waals surface area contributed by atoms with Gasteiger partial charge in [-0.1, -0.05) is 37.3 Å². The monoisotopic (exact) mass is 568 g/mol. The molecule has 0 radical (unpaired) electrons. The van der Waals surface area contributed by atoms with E-state index in [2.05, 4.69) is 15.5 Å². The van der Waals surface area contributed by atoms with Gasteiger partial charge in [-0.2, -0.15) is 0 Å². The van der Waals surface area contributed by atoms with Crippen LogP contribution in [0.5, 0.6) is 0 Å². The molecule has 0 aliphatic carbocycles. The van der Waals surface area contributed by atoms with Gasteiger partial charge in [0.25, 0.3) is 5.91 Å². The Bertz CT molecular complexity index is 1450. The average molecular weight is 569 g/mol. The van der Waals surface area contributed by atoms with Crippen molar-refractivity contribution in [3.8, 4) is 10.4 Å². The SMILES string of the molecule is CC(C)(C(=O)Nc1nncs1)C(c1cc(F)cc(F)c1)c1ccc(-c2ccc(C(=O)N3CCOCC3)cc2)s1. The summed E-state index contributed by atoms with van der Waals surface area (Å²) in [7, 11) is 0. The molecule has 39 heavy (non-hydrogen) atoms. The molecule has 7 nitrogen and oxygen atoms in total. The number of rotatable bonds is 7. The molecule has 1 aliphatic rings. The zero-order chi connectivity index (χ0) is 27.6. The molecule has 2 amide bonds. The molecular formula is C28H26F2N4O3S2. The number of aromatic nitrogens is 2. The number of carbonyl (C=O) groups is 2. The topological polar surface area (TPSA) is 84.4 Å². The van der Waals surface area contributed by atoms with Gasteiger partial charge < -0.3 is 15.0 Å². The Morgan fingerprint density at radius 1 is 1.03 bits per heavy atom. The van der Waals surface area contributed by atoms with E-state index < -0.39 is 23.0 Å². The Balaban J connectivity index is 1.45. The van der Waals surface area contributed by atoms with E-state index in [4.69, 9.17) is 4.74 Å². The first kappa shape index (κ1) is 27.0. The van der Waals surface area contributed by atoms with Crippen molar-refractivity contribution < 1.29 is 23.1 Å². The van der Waals surface area contributed by atoms with Crippen LogP contribution in [0.15, 0.2) is 60.1 Å². The summed E-state index contributed by atoms with van der Waals surface area (Å²) >= 11 is 2.62. The number of amides is 2. The van der Waals surface area contributed by atoms with E-state index >= 15 is 0 Å². The van der Waals surface area contributed by atoms with Crippen molar-refractivity contribution in [2.24, 2.45) is 5.41 Å². The lowest BCUT2D eigenvalue weighted by atomic mass is 9.73. The van der Waals surface area contributed by atoms with Crippen molar-refractivity contribution in [2.75, 3.05) is 31.6 Å². The normalized spacial score (nSPS) is 14.7. The van der Waals surface area contributed by atoms with Crippen LogP contribution >= 0.6 is 22.7 Å². The minimum Gasteiger partial charge on any atom is -0.378 e. The van der Waals surface area contributed by atoms with E-state index in [-0.39, 0.29) is 11.8 Å². The van der Waals surface area contributed by atoms with Crippen LogP contribution in [-0.4, -0.2) is 53.2 Å². The summed E-state index contributed by atoms with van der Waals surface area (Å²) in [4.78, 5) is 29.6. The number of ether oxygens (including phenoxy) is 1. The van der Waals surface area contributed by atoms with E-state index in [1.165, 1.54) is 40.3 Å². The summed E-state index contributed by atoms with van der Waals surface area (Å²) in [6.45, 7) is 5.68. The number of hydrogen-bond donors (Lipinski definition) is 1. The molecule has 202 valence electrons. The first-order valence-corrected chi connectivity index (χ1v) is 14.0. The maximum atomic E-state index is 14.3. The van der Waals surface area contributed by atoms with Crippen LogP contribution in [0.1, 0.15) is 40.6 Å². The van der Waals surface area contributed by atoms with E-state index in [1.807, 2.05) is 24.3 Å². The Morgan fingerprint density at radius 3 is 2.36 bits per heavy atom. The van der Waals surface area contributed by atoms with Gasteiger partial charge in [-0.25, -0.2) is 8.78 Å². The van der Waals surface area contributed by atoms with Crippen molar-refractivity contribution >= 4 is 39.6 Å². The standard InChI is InChI=1S/C28H26F2N4O3S2/c1-28(2,26(36)32-27-33-31-16-38-27)24(19-13-20(29)15-21(30)14-19)23-8-7-22(39-23)17-3-5-18(6-4-17)25(35)34-9-11-37-12-10-34/h3-8,13-16,24H,9-12H2,1-2H3,(H,32,33,36). The van der Waals surface area contributed by atoms with Crippen molar-refractivity contribution in [1.29, 1.82) is 0 Å². The fraction of sp³-hybridized carbons (Fsp3) is 0.286. The zero-order valence-corrected chi connectivity index (χ0v) is 23.0. The molecular weight excluding hydrogens is 542 g/mol. The van der Waals surface area contributed by atoms with Gasteiger partial charge in [-0.3, -0.25) is 9.59 Å². The third kappa shape index (κ3) is 5.90. The summed E-state index contributed by atoms with van der Waals surface area (Å²) in [6, 6.07) is 14.5. The highest BCUT2D eigenvalue weighted by atomic mass is 32.1. The Labute approximate surface area is 232 Å². The molecule has 1 saturated heterocycles. The summed E-state index contributed by atoms with van der Waals surface area (Å²) in [5.41, 5.74) is 2.24. The number of hydrogen-bond acceptors (Lipinski definition) is 7. The third-order valence-electron chi connectivity index (χ3n) is 6.73. The lowest BCUT2D eigenvalue weighted by Crippen LogP contribution is -2.40. The molecule has 4 aromatic rings. The highest BCUT2D eigenvalue weighted by molar-refractivity contribution is 7.15. The first-order chi connectivity index (χ1) is 18.7. The van der Waals surface area contributed by atoms with E-state index in [0.717, 1.165) is 21.4 Å². The lowest BCUT2D eigenvalue weighted by molar-refractivity contribution is -0.124. The minimum atomic E-state index is -1.11. The van der Waals surface area contributed by atoms with Gasteiger partial charge in [0, 0.05) is 40.4 Å². The number of nitrogens with zero attached hydrogens (tertiary/aromatic N) is 3. The molecule has 0 bridgehead atoms. The molecule has 11 heteroatoms. The van der Waals surface area contributed by atoms with Gasteiger partial charge in [0.05, 0.1) is 18.6 Å². The Morgan fingerprint density at radius 2 is 1.72 bits per heavy atom. The summed E-state index contributed by atoms with van der Waals surface area (Å²) < 4.78 is 34.0. The number of morpholine rings is 1. The molecule has 1 unspecified atom stereocenters. The smallest absolute Gasteiger partial charge is 0.254 e. The van der Waals surface area contributed by atoms with Crippen molar-refractivity contribution in [3.05, 3.63) is 87.7 Å². The molecule has 1 N–H and O–H groups in total. The quantitative estimate of drug-likeness (QED) is 0.304. The summed E-state index contributed by atoms with van der Waals surface area (Å²) in [6.07, 6.45) is 0. The molecule has 0 spiro atoms. The molecule has 2 aromatic heterocycles. The second-order valence-corrected chi connectivity index (χ2v) is 11.7. The molecule has 2 aromatic carbocycles. The fourth-order valence-corrected chi connectivity index (χ4v) is 6.45. The number of thiophene rings is 1. The van der Waals surface area contributed by atoms with Crippen LogP contribution in [0.2, 0.25) is 0 Å². The highest BCUT2D eigenvalue weighted by Crippen LogP contribution is 2.46. The van der Waals surface area contributed by atoms with Gasteiger partial charge in [-0.05, 0) is 47.5 Å². The highest BCUT2D eigenvalue weighted by Gasteiger charge is 2.40. The van der Waals surface area contributed by atoms with Crippen LogP contribution in [0, 0.1) is 17.0 Å². The molecule has 1 aliphatic heterocycles. The average Bonchev–Trinajstić information content (AvgIpc) is 3.61. The van der Waals surface area contributed by atoms with E-state index in [9.17, 15) is 18.4 Å². The van der Waals surface area contributed by atoms with Crippen molar-refractivity contribution in [3.63, 3.8) is 0 Å². The first-order valence-electron chi connectivity index (χ1n) is 12.3. The maximum absolute atomic E-state index is 14.3. The van der Waals surface area contributed by atoms with Gasteiger partial charge in [0.15, 0.2) is 0 Å². The predicted molar refractivity (Wildman–Crippen MR) is 147 cm³/mol. The van der Waals surface area contributed by atoms with Crippen molar-refractivity contribution in [1.82, 2.24) is 15.1 Å². The fourth-order valence-electron chi connectivity index (χ4n) is 4.68. The largest absolute Gasteiger partial charge is 0.378 e. The van der Waals surface area contributed by atoms with Crippen LogP contribution < -0.4 is 5.32 Å². The predicted octanol–water partition coefficient (Wildman–Crippen LogP) is 5.81. The molecule has 3 heterocycles. The molecule has 0 saturated carbocycles. The Kier molecular flexibility index (Phi) is 7.83. The van der Waals surface area contributed by atoms with Crippen molar-refractivity contribution in [2.45, 2.75) is 19.8 Å². The minimum absolute atomic E-state index is 0.0342. The van der Waals surface area contributed by atoms with Crippen LogP contribution in [0.4, 0.5) is 13.9 Å². The maximum Gasteiger partial charge on any atom is 0.254 e. The van der Waals surface area contributed by atoms with Gasteiger partial charge in [0.2, 0.25) is 11.0 Å². The summed E-state index contributed by atoms with van der Waals surface area (Å²) in [5, 5.41) is 10.7. The number of carbonyl (C=O) groups excluding carboxylic acids is 2. The van der Waals surface area contributed by atoms with Gasteiger partial charge >= 0.3 is 0 Å².